The molecule has 0 saturated carbocycles. The Morgan fingerprint density at radius 2 is 1.70 bits per heavy atom. The van der Waals surface area contributed by atoms with Crippen molar-refractivity contribution in [1.82, 2.24) is 29.3 Å². The van der Waals surface area contributed by atoms with Crippen LogP contribution >= 0.6 is 0 Å². The van der Waals surface area contributed by atoms with Crippen molar-refractivity contribution >= 4 is 45.6 Å². The van der Waals surface area contributed by atoms with Gasteiger partial charge in [0.05, 0.1) is 18.5 Å². The lowest BCUT2D eigenvalue weighted by molar-refractivity contribution is -0.137. The van der Waals surface area contributed by atoms with Gasteiger partial charge < -0.3 is 29.3 Å². The Kier molecular flexibility index (Phi) is 6.38. The predicted octanol–water partition coefficient (Wildman–Crippen LogP) is 2.46. The quantitative estimate of drug-likeness (QED) is 0.292. The van der Waals surface area contributed by atoms with Crippen LogP contribution in [0.25, 0.3) is 27.9 Å². The lowest BCUT2D eigenvalue weighted by atomic mass is 10.2. The molecule has 1 saturated heterocycles. The number of hydrogen-bond acceptors (Lipinski definition) is 10. The van der Waals surface area contributed by atoms with Gasteiger partial charge in [-0.1, -0.05) is 18.2 Å². The summed E-state index contributed by atoms with van der Waals surface area (Å²) in [6.07, 6.45) is 1.42. The van der Waals surface area contributed by atoms with Gasteiger partial charge >= 0.3 is 11.9 Å². The highest BCUT2D eigenvalue weighted by molar-refractivity contribution is 6.03. The minimum atomic E-state index is -1.03. The van der Waals surface area contributed by atoms with E-state index in [2.05, 4.69) is 15.0 Å². The number of aliphatic carboxylic acids is 1. The van der Waals surface area contributed by atoms with Gasteiger partial charge in [0, 0.05) is 37.3 Å². The zero-order valence-electron chi connectivity index (χ0n) is 21.6. The van der Waals surface area contributed by atoms with E-state index in [1.165, 1.54) is 10.9 Å². The Balaban J connectivity index is 1.44. The van der Waals surface area contributed by atoms with Crippen LogP contribution in [0.4, 0.5) is 11.6 Å². The molecule has 0 atom stereocenters. The maximum absolute atomic E-state index is 12.7. The molecule has 0 amide bonds. The van der Waals surface area contributed by atoms with Crippen LogP contribution in [0.5, 0.6) is 5.75 Å². The molecule has 13 heteroatoms. The van der Waals surface area contributed by atoms with Gasteiger partial charge in [-0.15, -0.1) is 0 Å². The third-order valence-corrected chi connectivity index (χ3v) is 6.77. The first kappa shape index (κ1) is 25.1. The number of ether oxygens (including phenoxy) is 1. The van der Waals surface area contributed by atoms with Crippen molar-refractivity contribution in [3.63, 3.8) is 0 Å². The summed E-state index contributed by atoms with van der Waals surface area (Å²) in [6, 6.07) is 14.3. The zero-order chi connectivity index (χ0) is 27.8. The van der Waals surface area contributed by atoms with E-state index in [1.807, 2.05) is 35.2 Å². The van der Waals surface area contributed by atoms with E-state index in [0.29, 0.717) is 60.0 Å². The Hall–Kier alpha value is -5.20. The summed E-state index contributed by atoms with van der Waals surface area (Å²) in [5.74, 6) is -0.636. The number of anilines is 2. The van der Waals surface area contributed by atoms with Crippen LogP contribution in [0.15, 0.2) is 54.9 Å². The van der Waals surface area contributed by atoms with Crippen molar-refractivity contribution in [1.29, 1.82) is 0 Å². The summed E-state index contributed by atoms with van der Waals surface area (Å²) in [4.78, 5) is 42.5. The van der Waals surface area contributed by atoms with Crippen molar-refractivity contribution in [2.75, 3.05) is 42.6 Å². The van der Waals surface area contributed by atoms with Crippen LogP contribution in [0.1, 0.15) is 17.4 Å². The van der Waals surface area contributed by atoms with E-state index in [9.17, 15) is 19.8 Å². The predicted molar refractivity (Wildman–Crippen MR) is 146 cm³/mol. The van der Waals surface area contributed by atoms with E-state index >= 15 is 0 Å². The van der Waals surface area contributed by atoms with Gasteiger partial charge in [0.25, 0.3) is 0 Å². The molecule has 3 aromatic heterocycles. The monoisotopic (exact) mass is 542 g/mol. The van der Waals surface area contributed by atoms with Crippen LogP contribution in [0.3, 0.4) is 0 Å². The number of phenolic OH excluding ortho intramolecular Hbond substituents is 1. The van der Waals surface area contributed by atoms with Gasteiger partial charge in [0.15, 0.2) is 22.7 Å². The average molecular weight is 543 g/mol. The van der Waals surface area contributed by atoms with E-state index < -0.39 is 11.9 Å². The Morgan fingerprint density at radius 3 is 2.42 bits per heavy atom. The lowest BCUT2D eigenvalue weighted by Crippen LogP contribution is -2.47. The van der Waals surface area contributed by atoms with Gasteiger partial charge in [-0.3, -0.25) is 4.79 Å². The topological polar surface area (TPSA) is 152 Å². The number of hydrogen-bond donors (Lipinski definition) is 2. The van der Waals surface area contributed by atoms with Crippen molar-refractivity contribution in [2.45, 2.75) is 13.5 Å². The van der Waals surface area contributed by atoms with Gasteiger partial charge in [-0.25, -0.2) is 14.5 Å². The number of rotatable bonds is 7. The number of fused-ring (bicyclic) bond motifs is 2. The van der Waals surface area contributed by atoms with Gasteiger partial charge in [-0.2, -0.15) is 15.1 Å². The number of piperazine rings is 1. The number of aromatic nitrogens is 6. The van der Waals surface area contributed by atoms with Crippen LogP contribution in [-0.4, -0.2) is 84.2 Å². The molecule has 40 heavy (non-hydrogen) atoms. The second-order valence-electron chi connectivity index (χ2n) is 9.27. The molecule has 6 rings (SSSR count). The van der Waals surface area contributed by atoms with Gasteiger partial charge in [-0.05, 0) is 37.3 Å². The number of aromatic hydroxyl groups is 1. The Bertz CT molecular complexity index is 1720. The summed E-state index contributed by atoms with van der Waals surface area (Å²) < 4.78 is 8.23. The first-order valence-corrected chi connectivity index (χ1v) is 12.8. The number of nitrogens with zero attached hydrogens (tertiary/aromatic N) is 8. The lowest BCUT2D eigenvalue weighted by Gasteiger charge is -2.36. The number of carbonyl (C=O) groups excluding carboxylic acids is 1. The van der Waals surface area contributed by atoms with Crippen LogP contribution in [-0.2, 0) is 16.1 Å². The molecule has 1 aliphatic heterocycles. The molecule has 13 nitrogen and oxygen atoms in total. The van der Waals surface area contributed by atoms with Crippen molar-refractivity contribution in [3.8, 4) is 11.6 Å². The summed E-state index contributed by atoms with van der Waals surface area (Å²) in [7, 11) is 0. The van der Waals surface area contributed by atoms with Gasteiger partial charge in [0.1, 0.15) is 12.3 Å². The highest BCUT2D eigenvalue weighted by Gasteiger charge is 2.26. The molecule has 0 aliphatic carbocycles. The smallest absolute Gasteiger partial charge is 0.359 e. The third kappa shape index (κ3) is 4.51. The summed E-state index contributed by atoms with van der Waals surface area (Å²) in [5.41, 5.74) is 2.49. The second-order valence-corrected chi connectivity index (χ2v) is 9.27. The highest BCUT2D eigenvalue weighted by Crippen LogP contribution is 2.28. The van der Waals surface area contributed by atoms with E-state index in [4.69, 9.17) is 14.7 Å². The summed E-state index contributed by atoms with van der Waals surface area (Å²) in [6.45, 7) is 4.20. The molecular formula is C27H26N8O5. The Morgan fingerprint density at radius 1 is 0.975 bits per heavy atom. The first-order valence-electron chi connectivity index (χ1n) is 12.8. The fourth-order valence-corrected chi connectivity index (χ4v) is 4.87. The molecule has 1 fully saturated rings. The number of carbonyl (C=O) groups is 2. The first-order chi connectivity index (χ1) is 19.4. The molecule has 5 aromatic rings. The summed E-state index contributed by atoms with van der Waals surface area (Å²) >= 11 is 0. The number of esters is 1. The second kappa shape index (κ2) is 10.2. The van der Waals surface area contributed by atoms with Crippen molar-refractivity contribution in [3.05, 3.63) is 60.6 Å². The zero-order valence-corrected chi connectivity index (χ0v) is 21.6. The summed E-state index contributed by atoms with van der Waals surface area (Å²) in [5, 5.41) is 24.3. The number of carboxylic acids is 1. The third-order valence-electron chi connectivity index (χ3n) is 6.77. The minimum absolute atomic E-state index is 0.151. The molecule has 0 bridgehead atoms. The largest absolute Gasteiger partial charge is 0.508 e. The fourth-order valence-electron chi connectivity index (χ4n) is 4.87. The molecule has 1 aliphatic rings. The number of para-hydroxylation sites is 1. The highest BCUT2D eigenvalue weighted by atomic mass is 16.5. The van der Waals surface area contributed by atoms with Crippen LogP contribution < -0.4 is 9.80 Å². The number of benzene rings is 2. The molecule has 0 unspecified atom stereocenters. The molecular weight excluding hydrogens is 516 g/mol. The van der Waals surface area contributed by atoms with Gasteiger partial charge in [0.2, 0.25) is 5.95 Å². The minimum Gasteiger partial charge on any atom is -0.508 e. The van der Waals surface area contributed by atoms with Crippen LogP contribution in [0.2, 0.25) is 0 Å². The number of carboxylic acid groups (broad SMARTS) is 1. The van der Waals surface area contributed by atoms with Crippen molar-refractivity contribution < 1.29 is 24.5 Å². The maximum atomic E-state index is 12.7. The molecule has 0 spiro atoms. The normalized spacial score (nSPS) is 13.7. The number of imidazole rings is 1. The fraction of sp³-hybridized carbons (Fsp3) is 0.259. The van der Waals surface area contributed by atoms with E-state index in [0.717, 1.165) is 5.69 Å². The molecule has 0 radical (unpaired) electrons. The van der Waals surface area contributed by atoms with E-state index in [1.54, 1.807) is 29.8 Å². The standard InChI is InChI=1S/C27H26N8O5/c1-2-40-26(39)22-19-5-3-4-6-20(19)35(31-22)25-23-24(34(16-28-23)15-21(37)38)29-27(30-25)33-13-11-32(12-14-33)17-7-9-18(36)10-8-17/h3-10,16,36H,2,11-15H2,1H3,(H,37,38). The van der Waals surface area contributed by atoms with Crippen molar-refractivity contribution in [2.24, 2.45) is 0 Å². The average Bonchev–Trinajstić information content (AvgIpc) is 3.55. The Labute approximate surface area is 227 Å². The molecule has 2 aromatic carbocycles. The molecule has 4 heterocycles. The molecule has 204 valence electrons. The number of phenols is 1. The SMILES string of the molecule is CCOC(=O)c1nn(-c2nc(N3CCN(c4ccc(O)cc4)CC3)nc3c2ncn3CC(=O)O)c2ccccc12. The maximum Gasteiger partial charge on any atom is 0.359 e. The van der Waals surface area contributed by atoms with E-state index in [-0.39, 0.29) is 24.6 Å². The molecule has 2 N–H and O–H groups in total. The van der Waals surface area contributed by atoms with Crippen LogP contribution in [0, 0.1) is 0 Å².